The number of amides is 1. The Morgan fingerprint density at radius 3 is 2.72 bits per heavy atom. The molecule has 1 rings (SSSR count). The maximum Gasteiger partial charge on any atom is 0.410 e. The van der Waals surface area contributed by atoms with E-state index in [0.29, 0.717) is 32.4 Å². The van der Waals surface area contributed by atoms with Crippen LogP contribution in [0.1, 0.15) is 40.0 Å². The number of carbonyl (C=O) groups excluding carboxylic acids is 2. The summed E-state index contributed by atoms with van der Waals surface area (Å²) in [6.07, 6.45) is 0.837. The van der Waals surface area contributed by atoms with Crippen LogP contribution in [0.15, 0.2) is 0 Å². The Balaban J connectivity index is 2.53. The molecule has 1 aliphatic heterocycles. The summed E-state index contributed by atoms with van der Waals surface area (Å²) < 4.78 is 17.4. The van der Waals surface area contributed by atoms with Crippen molar-refractivity contribution in [3.8, 4) is 0 Å². The number of carbonyl (C=O) groups is 2. The number of hydrogen-bond acceptors (Lipinski definition) is 3. The zero-order chi connectivity index (χ0) is 13.8. The van der Waals surface area contributed by atoms with Crippen molar-refractivity contribution < 1.29 is 18.7 Å². The number of alkyl halides is 1. The monoisotopic (exact) mass is 259 g/mol. The van der Waals surface area contributed by atoms with Crippen LogP contribution in [0.25, 0.3) is 0 Å². The van der Waals surface area contributed by atoms with E-state index in [0.717, 1.165) is 0 Å². The fourth-order valence-electron chi connectivity index (χ4n) is 1.98. The third-order valence-electron chi connectivity index (χ3n) is 2.86. The van der Waals surface area contributed by atoms with Crippen LogP contribution < -0.4 is 0 Å². The van der Waals surface area contributed by atoms with Crippen LogP contribution >= 0.6 is 0 Å². The largest absolute Gasteiger partial charge is 0.444 e. The molecule has 18 heavy (non-hydrogen) atoms. The lowest BCUT2D eigenvalue weighted by atomic mass is 9.92. The number of rotatable bonds is 3. The number of hydrogen-bond donors (Lipinski definition) is 0. The highest BCUT2D eigenvalue weighted by atomic mass is 19.1. The molecule has 5 heteroatoms. The summed E-state index contributed by atoms with van der Waals surface area (Å²) in [5.74, 6) is -0.106. The van der Waals surface area contributed by atoms with Gasteiger partial charge >= 0.3 is 6.09 Å². The summed E-state index contributed by atoms with van der Waals surface area (Å²) >= 11 is 0. The molecule has 0 bridgehead atoms. The number of Topliss-reactive ketones (excluding diaryl/α,β-unsaturated/α-hetero) is 1. The minimum absolute atomic E-state index is 0.128. The summed E-state index contributed by atoms with van der Waals surface area (Å²) in [5.41, 5.74) is -0.535. The van der Waals surface area contributed by atoms with Gasteiger partial charge in [-0.1, -0.05) is 0 Å². The number of ketones is 1. The number of halogens is 1. The second-order valence-electron chi connectivity index (χ2n) is 5.67. The average Bonchev–Trinajstić information content (AvgIpc) is 2.25. The minimum atomic E-state index is -0.535. The summed E-state index contributed by atoms with van der Waals surface area (Å²) in [4.78, 5) is 25.1. The van der Waals surface area contributed by atoms with E-state index >= 15 is 0 Å². The number of nitrogens with zero attached hydrogens (tertiary/aromatic N) is 1. The van der Waals surface area contributed by atoms with Gasteiger partial charge in [-0.2, -0.15) is 0 Å². The van der Waals surface area contributed by atoms with Crippen molar-refractivity contribution in [1.82, 2.24) is 4.90 Å². The van der Waals surface area contributed by atoms with Gasteiger partial charge in [0.15, 0.2) is 0 Å². The first kappa shape index (κ1) is 14.9. The van der Waals surface area contributed by atoms with Crippen LogP contribution in [0.4, 0.5) is 9.18 Å². The lowest BCUT2D eigenvalue weighted by molar-refractivity contribution is -0.126. The summed E-state index contributed by atoms with van der Waals surface area (Å²) in [7, 11) is 0. The van der Waals surface area contributed by atoms with Gasteiger partial charge in [-0.3, -0.25) is 9.18 Å². The molecule has 0 N–H and O–H groups in total. The third kappa shape index (κ3) is 4.63. The Morgan fingerprint density at radius 2 is 2.17 bits per heavy atom. The second-order valence-corrected chi connectivity index (χ2v) is 5.67. The Hall–Kier alpha value is -1.13. The highest BCUT2D eigenvalue weighted by molar-refractivity contribution is 5.84. The van der Waals surface area contributed by atoms with E-state index in [2.05, 4.69) is 0 Å². The fraction of sp³-hybridized carbons (Fsp3) is 0.846. The SMILES string of the molecule is CC(C)(C)OC(=O)N1CCC(=O)[C@H](CCCF)C1. The lowest BCUT2D eigenvalue weighted by Crippen LogP contribution is -2.46. The van der Waals surface area contributed by atoms with Crippen molar-refractivity contribution in [2.24, 2.45) is 5.92 Å². The molecule has 1 saturated heterocycles. The van der Waals surface area contributed by atoms with Crippen molar-refractivity contribution in [2.45, 2.75) is 45.6 Å². The molecule has 0 radical (unpaired) electrons. The molecule has 1 heterocycles. The molecule has 0 aliphatic carbocycles. The van der Waals surface area contributed by atoms with Gasteiger partial charge in [0.2, 0.25) is 0 Å². The van der Waals surface area contributed by atoms with Gasteiger partial charge in [-0.05, 0) is 33.6 Å². The van der Waals surface area contributed by atoms with Gasteiger partial charge in [-0.25, -0.2) is 4.79 Å². The van der Waals surface area contributed by atoms with Crippen LogP contribution in [-0.4, -0.2) is 42.1 Å². The van der Waals surface area contributed by atoms with Crippen LogP contribution in [0.5, 0.6) is 0 Å². The van der Waals surface area contributed by atoms with Gasteiger partial charge in [0.25, 0.3) is 0 Å². The predicted molar refractivity (Wildman–Crippen MR) is 66.1 cm³/mol. The summed E-state index contributed by atoms with van der Waals surface area (Å²) in [6, 6.07) is 0. The predicted octanol–water partition coefficient (Wildman–Crippen LogP) is 2.56. The first-order valence-corrected chi connectivity index (χ1v) is 6.40. The minimum Gasteiger partial charge on any atom is -0.444 e. The van der Waals surface area contributed by atoms with E-state index in [1.54, 1.807) is 25.7 Å². The molecular weight excluding hydrogens is 237 g/mol. The molecule has 0 aromatic heterocycles. The van der Waals surface area contributed by atoms with Crippen molar-refractivity contribution in [3.63, 3.8) is 0 Å². The Kier molecular flexibility index (Phi) is 5.11. The summed E-state index contributed by atoms with van der Waals surface area (Å²) in [5, 5.41) is 0. The van der Waals surface area contributed by atoms with Crippen molar-refractivity contribution in [3.05, 3.63) is 0 Å². The molecule has 1 atom stereocenters. The molecule has 0 aromatic carbocycles. The van der Waals surface area contributed by atoms with Gasteiger partial charge in [0, 0.05) is 25.4 Å². The summed E-state index contributed by atoms with van der Waals surface area (Å²) in [6.45, 7) is 5.76. The number of likely N-dealkylation sites (tertiary alicyclic amines) is 1. The molecule has 0 saturated carbocycles. The highest BCUT2D eigenvalue weighted by Crippen LogP contribution is 2.20. The second kappa shape index (κ2) is 6.16. The standard InChI is InChI=1S/C13H22FNO3/c1-13(2,3)18-12(17)15-8-6-11(16)10(9-15)5-4-7-14/h10H,4-9H2,1-3H3/t10-/m1/s1. The first-order valence-electron chi connectivity index (χ1n) is 6.40. The van der Waals surface area contributed by atoms with E-state index in [1.807, 2.05) is 0 Å². The van der Waals surface area contributed by atoms with E-state index < -0.39 is 12.3 Å². The molecule has 0 unspecified atom stereocenters. The maximum absolute atomic E-state index is 12.1. The Labute approximate surface area is 107 Å². The molecular formula is C13H22FNO3. The maximum atomic E-state index is 12.1. The normalized spacial score (nSPS) is 21.0. The van der Waals surface area contributed by atoms with Crippen molar-refractivity contribution in [1.29, 1.82) is 0 Å². The van der Waals surface area contributed by atoms with Crippen LogP contribution in [0, 0.1) is 5.92 Å². The third-order valence-corrected chi connectivity index (χ3v) is 2.86. The van der Waals surface area contributed by atoms with Gasteiger partial charge in [0.05, 0.1) is 6.67 Å². The Bertz CT molecular complexity index is 312. The van der Waals surface area contributed by atoms with E-state index in [9.17, 15) is 14.0 Å². The number of piperidine rings is 1. The molecule has 4 nitrogen and oxygen atoms in total. The molecule has 0 aromatic rings. The quantitative estimate of drug-likeness (QED) is 0.782. The van der Waals surface area contributed by atoms with Crippen LogP contribution in [0.2, 0.25) is 0 Å². The lowest BCUT2D eigenvalue weighted by Gasteiger charge is -2.33. The molecule has 1 aliphatic rings. The molecule has 0 spiro atoms. The highest BCUT2D eigenvalue weighted by Gasteiger charge is 2.31. The zero-order valence-electron chi connectivity index (χ0n) is 11.4. The van der Waals surface area contributed by atoms with E-state index in [4.69, 9.17) is 4.74 Å². The molecule has 1 fully saturated rings. The zero-order valence-corrected chi connectivity index (χ0v) is 11.4. The van der Waals surface area contributed by atoms with Crippen LogP contribution in [-0.2, 0) is 9.53 Å². The first-order chi connectivity index (χ1) is 8.33. The van der Waals surface area contributed by atoms with Gasteiger partial charge < -0.3 is 9.64 Å². The van der Waals surface area contributed by atoms with Crippen LogP contribution in [0.3, 0.4) is 0 Å². The average molecular weight is 259 g/mol. The van der Waals surface area contributed by atoms with Gasteiger partial charge in [0.1, 0.15) is 11.4 Å². The molecule has 1 amide bonds. The van der Waals surface area contributed by atoms with E-state index in [1.165, 1.54) is 0 Å². The smallest absolute Gasteiger partial charge is 0.410 e. The van der Waals surface area contributed by atoms with Crippen molar-refractivity contribution in [2.75, 3.05) is 19.8 Å². The fourth-order valence-corrected chi connectivity index (χ4v) is 1.98. The topological polar surface area (TPSA) is 46.6 Å². The number of ether oxygens (including phenoxy) is 1. The Morgan fingerprint density at radius 1 is 1.50 bits per heavy atom. The van der Waals surface area contributed by atoms with E-state index in [-0.39, 0.29) is 17.8 Å². The van der Waals surface area contributed by atoms with Gasteiger partial charge in [-0.15, -0.1) is 0 Å². The van der Waals surface area contributed by atoms with Crippen molar-refractivity contribution >= 4 is 11.9 Å². The molecule has 104 valence electrons.